The average molecular weight is 413 g/mol. The summed E-state index contributed by atoms with van der Waals surface area (Å²) >= 11 is 0. The molecule has 2 N–H and O–H groups in total. The second-order valence-corrected chi connectivity index (χ2v) is 7.66. The lowest BCUT2D eigenvalue weighted by molar-refractivity contribution is 0.204. The topological polar surface area (TPSA) is 74.2 Å². The van der Waals surface area contributed by atoms with Crippen LogP contribution in [0.5, 0.6) is 0 Å². The van der Waals surface area contributed by atoms with Gasteiger partial charge in [0.25, 0.3) is 0 Å². The van der Waals surface area contributed by atoms with Crippen LogP contribution in [0.2, 0.25) is 0 Å². The number of aryl methyl sites for hydroxylation is 1. The molecule has 30 heavy (non-hydrogen) atoms. The highest BCUT2D eigenvalue weighted by Gasteiger charge is 2.13. The number of H-pyrrole nitrogens is 1. The Balaban J connectivity index is 1.32. The zero-order valence-electron chi connectivity index (χ0n) is 17.5. The van der Waals surface area contributed by atoms with Crippen LogP contribution >= 0.6 is 0 Å². The van der Waals surface area contributed by atoms with E-state index in [4.69, 9.17) is 4.42 Å². The van der Waals surface area contributed by atoms with Crippen molar-refractivity contribution in [2.24, 2.45) is 0 Å². The largest absolute Gasteiger partial charge is 0.469 e. The minimum Gasteiger partial charge on any atom is -0.469 e. The van der Waals surface area contributed by atoms with Crippen LogP contribution in [0.15, 0.2) is 53.1 Å². The van der Waals surface area contributed by atoms with Crippen LogP contribution in [0.3, 0.4) is 0 Å². The summed E-state index contributed by atoms with van der Waals surface area (Å²) in [6.07, 6.45) is 6.12. The summed E-state index contributed by atoms with van der Waals surface area (Å²) in [6, 6.07) is 12.1. The first kappa shape index (κ1) is 21.6. The van der Waals surface area contributed by atoms with Gasteiger partial charge in [0.1, 0.15) is 11.6 Å². The monoisotopic (exact) mass is 412 g/mol. The number of aromatic nitrogens is 2. The highest BCUT2D eigenvalue weighted by Crippen LogP contribution is 2.19. The smallest absolute Gasteiger partial charge is 0.317 e. The van der Waals surface area contributed by atoms with Crippen molar-refractivity contribution in [3.8, 4) is 11.3 Å². The van der Waals surface area contributed by atoms with Gasteiger partial charge in [-0.25, -0.2) is 9.18 Å². The van der Waals surface area contributed by atoms with E-state index in [0.29, 0.717) is 13.0 Å². The number of nitrogens with zero attached hydrogens (tertiary/aromatic N) is 2. The van der Waals surface area contributed by atoms with Gasteiger partial charge >= 0.3 is 6.03 Å². The highest BCUT2D eigenvalue weighted by molar-refractivity contribution is 5.74. The minimum absolute atomic E-state index is 0.0127. The number of halogens is 1. The van der Waals surface area contributed by atoms with Crippen LogP contribution in [-0.2, 0) is 12.8 Å². The molecule has 0 saturated carbocycles. The molecule has 160 valence electrons. The van der Waals surface area contributed by atoms with E-state index in [9.17, 15) is 9.18 Å². The van der Waals surface area contributed by atoms with Gasteiger partial charge in [-0.1, -0.05) is 18.6 Å². The van der Waals surface area contributed by atoms with Crippen LogP contribution in [0.25, 0.3) is 11.3 Å². The van der Waals surface area contributed by atoms with Crippen LogP contribution in [0, 0.1) is 5.82 Å². The van der Waals surface area contributed by atoms with Gasteiger partial charge in [0.05, 0.1) is 12.0 Å². The maximum Gasteiger partial charge on any atom is 0.317 e. The number of hydrogen-bond donors (Lipinski definition) is 2. The van der Waals surface area contributed by atoms with E-state index in [0.717, 1.165) is 48.4 Å². The van der Waals surface area contributed by atoms with E-state index < -0.39 is 0 Å². The Morgan fingerprint density at radius 2 is 2.10 bits per heavy atom. The van der Waals surface area contributed by atoms with Gasteiger partial charge in [-0.3, -0.25) is 5.10 Å². The molecule has 3 aromatic rings. The summed E-state index contributed by atoms with van der Waals surface area (Å²) in [4.78, 5) is 14.0. The predicted molar refractivity (Wildman–Crippen MR) is 115 cm³/mol. The molecule has 3 rings (SSSR count). The van der Waals surface area contributed by atoms with Crippen molar-refractivity contribution in [1.29, 1.82) is 0 Å². The Bertz CT molecular complexity index is 923. The van der Waals surface area contributed by atoms with E-state index in [-0.39, 0.29) is 17.9 Å². The molecule has 0 aliphatic heterocycles. The van der Waals surface area contributed by atoms with E-state index in [1.165, 1.54) is 12.1 Å². The lowest BCUT2D eigenvalue weighted by Crippen LogP contribution is -2.43. The number of nitrogens with one attached hydrogen (secondary N) is 2. The summed E-state index contributed by atoms with van der Waals surface area (Å²) in [7, 11) is 1.81. The molecule has 6 nitrogen and oxygen atoms in total. The fourth-order valence-electron chi connectivity index (χ4n) is 3.33. The van der Waals surface area contributed by atoms with Gasteiger partial charge in [0, 0.05) is 37.3 Å². The van der Waals surface area contributed by atoms with Crippen molar-refractivity contribution in [2.45, 2.75) is 45.1 Å². The molecular formula is C23H29FN4O2. The molecule has 0 bridgehead atoms. The zero-order chi connectivity index (χ0) is 21.3. The normalized spacial score (nSPS) is 12.0. The first-order valence-electron chi connectivity index (χ1n) is 10.4. The predicted octanol–water partition coefficient (Wildman–Crippen LogP) is 4.79. The van der Waals surface area contributed by atoms with Crippen molar-refractivity contribution < 1.29 is 13.6 Å². The fraction of sp³-hybridized carbons (Fsp3) is 0.391. The molecule has 0 aliphatic carbocycles. The van der Waals surface area contributed by atoms with Crippen molar-refractivity contribution in [2.75, 3.05) is 13.6 Å². The maximum atomic E-state index is 13.3. The highest BCUT2D eigenvalue weighted by atomic mass is 19.1. The molecule has 0 radical (unpaired) electrons. The lowest BCUT2D eigenvalue weighted by atomic mass is 10.1. The Hall–Kier alpha value is -3.09. The van der Waals surface area contributed by atoms with Gasteiger partial charge in [0.2, 0.25) is 0 Å². The number of hydrogen-bond acceptors (Lipinski definition) is 3. The summed E-state index contributed by atoms with van der Waals surface area (Å²) < 4.78 is 18.7. The van der Waals surface area contributed by atoms with Gasteiger partial charge in [-0.15, -0.1) is 0 Å². The molecule has 0 spiro atoms. The second-order valence-electron chi connectivity index (χ2n) is 7.66. The van der Waals surface area contributed by atoms with Crippen molar-refractivity contribution >= 4 is 6.03 Å². The van der Waals surface area contributed by atoms with Crippen molar-refractivity contribution in [1.82, 2.24) is 20.4 Å². The van der Waals surface area contributed by atoms with E-state index in [1.54, 1.807) is 17.2 Å². The average Bonchev–Trinajstić information content (AvgIpc) is 3.39. The lowest BCUT2D eigenvalue weighted by Gasteiger charge is -2.21. The third-order valence-electron chi connectivity index (χ3n) is 4.99. The van der Waals surface area contributed by atoms with Gasteiger partial charge in [0.15, 0.2) is 0 Å². The maximum absolute atomic E-state index is 13.3. The van der Waals surface area contributed by atoms with Crippen molar-refractivity contribution in [3.05, 3.63) is 66.0 Å². The number of rotatable bonds is 10. The van der Waals surface area contributed by atoms with Crippen LogP contribution in [0.1, 0.15) is 37.6 Å². The third kappa shape index (κ3) is 6.47. The van der Waals surface area contributed by atoms with Crippen LogP contribution in [0.4, 0.5) is 9.18 Å². The summed E-state index contributed by atoms with van der Waals surface area (Å²) in [5, 5.41) is 10.3. The summed E-state index contributed by atoms with van der Waals surface area (Å²) in [5.74, 6) is 0.602. The number of furan rings is 1. The zero-order valence-corrected chi connectivity index (χ0v) is 17.5. The molecule has 2 aromatic heterocycles. The standard InChI is InChI=1S/C23H29FN4O2/c1-17(14-21-11-7-13-30-21)25-23(29)28(2)12-5-3-4-10-20-16-22(27-26-20)18-8-6-9-19(24)15-18/h6-9,11,13,15-17H,3-5,10,12,14H2,1-2H3,(H,25,29)(H,26,27). The van der Waals surface area contributed by atoms with Gasteiger partial charge < -0.3 is 14.6 Å². The number of amides is 2. The number of aromatic amines is 1. The summed E-state index contributed by atoms with van der Waals surface area (Å²) in [5.41, 5.74) is 2.56. The molecule has 1 unspecified atom stereocenters. The number of unbranched alkanes of at least 4 members (excludes halogenated alkanes) is 2. The Labute approximate surface area is 176 Å². The number of carbonyl (C=O) groups is 1. The van der Waals surface area contributed by atoms with Crippen LogP contribution < -0.4 is 5.32 Å². The Morgan fingerprint density at radius 1 is 1.23 bits per heavy atom. The van der Waals surface area contributed by atoms with E-state index in [2.05, 4.69) is 15.5 Å². The van der Waals surface area contributed by atoms with E-state index in [1.807, 2.05) is 38.2 Å². The molecular weight excluding hydrogens is 383 g/mol. The first-order chi connectivity index (χ1) is 14.5. The molecule has 1 atom stereocenters. The van der Waals surface area contributed by atoms with Gasteiger partial charge in [-0.2, -0.15) is 5.10 Å². The Morgan fingerprint density at radius 3 is 2.87 bits per heavy atom. The summed E-state index contributed by atoms with van der Waals surface area (Å²) in [6.45, 7) is 2.67. The molecule has 7 heteroatoms. The SMILES string of the molecule is CC(Cc1ccco1)NC(=O)N(C)CCCCCc1cc(-c2cccc(F)c2)n[nH]1. The molecule has 1 aromatic carbocycles. The number of carbonyl (C=O) groups excluding carboxylic acids is 1. The molecule has 0 aliphatic rings. The number of benzene rings is 1. The second kappa shape index (κ2) is 10.6. The quantitative estimate of drug-likeness (QED) is 0.470. The molecule has 0 fully saturated rings. The van der Waals surface area contributed by atoms with Crippen LogP contribution in [-0.4, -0.2) is 40.8 Å². The third-order valence-corrected chi connectivity index (χ3v) is 4.99. The van der Waals surface area contributed by atoms with Gasteiger partial charge in [-0.05, 0) is 56.5 Å². The minimum atomic E-state index is -0.263. The molecule has 2 amide bonds. The Kier molecular flexibility index (Phi) is 7.65. The molecule has 2 heterocycles. The van der Waals surface area contributed by atoms with Crippen molar-refractivity contribution in [3.63, 3.8) is 0 Å². The number of urea groups is 1. The molecule has 0 saturated heterocycles. The van der Waals surface area contributed by atoms with E-state index >= 15 is 0 Å². The fourth-order valence-corrected chi connectivity index (χ4v) is 3.33. The first-order valence-corrected chi connectivity index (χ1v) is 10.4.